The van der Waals surface area contributed by atoms with E-state index in [0.29, 0.717) is 11.6 Å². The quantitative estimate of drug-likeness (QED) is 0.879. The minimum atomic E-state index is 0.0853. The van der Waals surface area contributed by atoms with Crippen molar-refractivity contribution in [3.8, 4) is 0 Å². The van der Waals surface area contributed by atoms with E-state index < -0.39 is 0 Å². The fraction of sp³-hybridized carbons (Fsp3) is 0.579. The number of anilines is 1. The normalized spacial score (nSPS) is 19.9. The molecule has 7 nitrogen and oxygen atoms in total. The van der Waals surface area contributed by atoms with E-state index in [9.17, 15) is 4.79 Å². The molecule has 0 spiro atoms. The van der Waals surface area contributed by atoms with Crippen molar-refractivity contribution < 1.29 is 4.79 Å². The summed E-state index contributed by atoms with van der Waals surface area (Å²) in [5, 5.41) is 10.6. The highest BCUT2D eigenvalue weighted by Gasteiger charge is 2.29. The molecule has 2 aliphatic rings. The molecule has 138 valence electrons. The maximum Gasteiger partial charge on any atom is 0.274 e. The molecule has 2 N–H and O–H groups in total. The third kappa shape index (κ3) is 3.30. The number of aryl methyl sites for hydroxylation is 1. The SMILES string of the molecule is CNc1nccnc1CC1CCCN(C(=O)c2n[nH]c3c2CCCC3)C1. The number of nitrogens with one attached hydrogen (secondary N) is 2. The average Bonchev–Trinajstić information content (AvgIpc) is 3.12. The third-order valence-corrected chi connectivity index (χ3v) is 5.56. The van der Waals surface area contributed by atoms with Crippen LogP contribution in [-0.4, -0.2) is 51.1 Å². The highest BCUT2D eigenvalue weighted by atomic mass is 16.2. The summed E-state index contributed by atoms with van der Waals surface area (Å²) in [6.45, 7) is 1.58. The van der Waals surface area contributed by atoms with E-state index >= 15 is 0 Å². The van der Waals surface area contributed by atoms with Crippen molar-refractivity contribution in [3.63, 3.8) is 0 Å². The van der Waals surface area contributed by atoms with Gasteiger partial charge in [-0.05, 0) is 50.9 Å². The van der Waals surface area contributed by atoms with Gasteiger partial charge in [0.1, 0.15) is 5.82 Å². The van der Waals surface area contributed by atoms with Crippen molar-refractivity contribution in [2.75, 3.05) is 25.5 Å². The van der Waals surface area contributed by atoms with Crippen LogP contribution in [0, 0.1) is 5.92 Å². The predicted octanol–water partition coefficient (Wildman–Crippen LogP) is 2.22. The molecule has 1 aliphatic heterocycles. The van der Waals surface area contributed by atoms with Crippen LogP contribution in [0.2, 0.25) is 0 Å². The van der Waals surface area contributed by atoms with E-state index in [1.165, 1.54) is 6.42 Å². The maximum absolute atomic E-state index is 13.1. The monoisotopic (exact) mass is 354 g/mol. The van der Waals surface area contributed by atoms with E-state index in [4.69, 9.17) is 0 Å². The van der Waals surface area contributed by atoms with Crippen LogP contribution in [0.3, 0.4) is 0 Å². The Balaban J connectivity index is 1.46. The molecule has 1 atom stereocenters. The molecular weight excluding hydrogens is 328 g/mol. The number of fused-ring (bicyclic) bond motifs is 1. The lowest BCUT2D eigenvalue weighted by atomic mass is 9.92. The first-order valence-corrected chi connectivity index (χ1v) is 9.59. The molecule has 0 aromatic carbocycles. The maximum atomic E-state index is 13.1. The van der Waals surface area contributed by atoms with Crippen molar-refractivity contribution in [1.29, 1.82) is 0 Å². The molecule has 1 amide bonds. The molecule has 1 unspecified atom stereocenters. The molecule has 7 heteroatoms. The average molecular weight is 354 g/mol. The van der Waals surface area contributed by atoms with Gasteiger partial charge in [0, 0.05) is 43.8 Å². The topological polar surface area (TPSA) is 86.8 Å². The lowest BCUT2D eigenvalue weighted by molar-refractivity contribution is 0.0665. The van der Waals surface area contributed by atoms with Gasteiger partial charge in [0.05, 0.1) is 5.69 Å². The van der Waals surface area contributed by atoms with Crippen molar-refractivity contribution in [2.45, 2.75) is 44.9 Å². The minimum Gasteiger partial charge on any atom is -0.372 e. The van der Waals surface area contributed by atoms with E-state index in [0.717, 1.165) is 74.4 Å². The Labute approximate surface area is 153 Å². The van der Waals surface area contributed by atoms with E-state index in [1.54, 1.807) is 12.4 Å². The van der Waals surface area contributed by atoms with Gasteiger partial charge in [-0.2, -0.15) is 5.10 Å². The highest BCUT2D eigenvalue weighted by Crippen LogP contribution is 2.26. The summed E-state index contributed by atoms with van der Waals surface area (Å²) in [6.07, 6.45) is 10.7. The van der Waals surface area contributed by atoms with Gasteiger partial charge in [-0.1, -0.05) is 0 Å². The molecule has 2 aromatic rings. The first-order chi connectivity index (χ1) is 12.8. The van der Waals surface area contributed by atoms with Gasteiger partial charge in [-0.25, -0.2) is 4.98 Å². The lowest BCUT2D eigenvalue weighted by Gasteiger charge is -2.32. The van der Waals surface area contributed by atoms with E-state index in [-0.39, 0.29) is 5.91 Å². The summed E-state index contributed by atoms with van der Waals surface area (Å²) in [4.78, 5) is 23.9. The van der Waals surface area contributed by atoms with Gasteiger partial charge in [0.15, 0.2) is 5.69 Å². The number of nitrogens with zero attached hydrogens (tertiary/aromatic N) is 4. The Morgan fingerprint density at radius 2 is 2.12 bits per heavy atom. The second-order valence-electron chi connectivity index (χ2n) is 7.30. The fourth-order valence-corrected chi connectivity index (χ4v) is 4.22. The van der Waals surface area contributed by atoms with Gasteiger partial charge in [-0.15, -0.1) is 0 Å². The molecule has 1 fully saturated rings. The second kappa shape index (κ2) is 7.43. The van der Waals surface area contributed by atoms with Crippen LogP contribution < -0.4 is 5.32 Å². The zero-order chi connectivity index (χ0) is 17.9. The van der Waals surface area contributed by atoms with Gasteiger partial charge in [-0.3, -0.25) is 14.9 Å². The zero-order valence-electron chi connectivity index (χ0n) is 15.3. The molecule has 0 bridgehead atoms. The molecule has 1 saturated heterocycles. The summed E-state index contributed by atoms with van der Waals surface area (Å²) in [7, 11) is 1.87. The number of hydrogen-bond acceptors (Lipinski definition) is 5. The van der Waals surface area contributed by atoms with Gasteiger partial charge in [0.2, 0.25) is 0 Å². The fourth-order valence-electron chi connectivity index (χ4n) is 4.22. The molecule has 26 heavy (non-hydrogen) atoms. The van der Waals surface area contributed by atoms with Crippen LogP contribution in [-0.2, 0) is 19.3 Å². The van der Waals surface area contributed by atoms with E-state index in [2.05, 4.69) is 25.5 Å². The standard InChI is InChI=1S/C19H26N6O/c1-20-18-16(21-8-9-22-18)11-13-5-4-10-25(12-13)19(26)17-14-6-2-3-7-15(14)23-24-17/h8-9,13H,2-7,10-12H2,1H3,(H,20,22)(H,23,24). The number of rotatable bonds is 4. The van der Waals surface area contributed by atoms with Gasteiger partial charge >= 0.3 is 0 Å². The van der Waals surface area contributed by atoms with Crippen LogP contribution >= 0.6 is 0 Å². The van der Waals surface area contributed by atoms with Crippen LogP contribution in [0.1, 0.15) is 53.1 Å². The summed E-state index contributed by atoms with van der Waals surface area (Å²) >= 11 is 0. The predicted molar refractivity (Wildman–Crippen MR) is 99.1 cm³/mol. The number of H-pyrrole nitrogens is 1. The number of likely N-dealkylation sites (tertiary alicyclic amines) is 1. The minimum absolute atomic E-state index is 0.0853. The van der Waals surface area contributed by atoms with Crippen LogP contribution in [0.25, 0.3) is 0 Å². The van der Waals surface area contributed by atoms with E-state index in [1.807, 2.05) is 11.9 Å². The molecule has 2 aromatic heterocycles. The third-order valence-electron chi connectivity index (χ3n) is 5.56. The number of aromatic amines is 1. The van der Waals surface area contributed by atoms with Crippen molar-refractivity contribution >= 4 is 11.7 Å². The highest BCUT2D eigenvalue weighted by molar-refractivity contribution is 5.94. The summed E-state index contributed by atoms with van der Waals surface area (Å²) < 4.78 is 0. The van der Waals surface area contributed by atoms with Crippen molar-refractivity contribution in [1.82, 2.24) is 25.1 Å². The number of aromatic nitrogens is 4. The largest absolute Gasteiger partial charge is 0.372 e. The molecule has 3 heterocycles. The second-order valence-corrected chi connectivity index (χ2v) is 7.30. The zero-order valence-corrected chi connectivity index (χ0v) is 15.3. The number of amides is 1. The smallest absolute Gasteiger partial charge is 0.274 e. The summed E-state index contributed by atoms with van der Waals surface area (Å²) in [5.74, 6) is 1.32. The van der Waals surface area contributed by atoms with Crippen LogP contribution in [0.5, 0.6) is 0 Å². The Morgan fingerprint density at radius 3 is 3.00 bits per heavy atom. The molecular formula is C19H26N6O. The summed E-state index contributed by atoms with van der Waals surface area (Å²) in [5.41, 5.74) is 3.93. The molecule has 0 radical (unpaired) electrons. The molecule has 0 saturated carbocycles. The number of carbonyl (C=O) groups is 1. The number of hydrogen-bond donors (Lipinski definition) is 2. The number of piperidine rings is 1. The van der Waals surface area contributed by atoms with Gasteiger partial charge < -0.3 is 10.2 Å². The summed E-state index contributed by atoms with van der Waals surface area (Å²) in [6, 6.07) is 0. The Hall–Kier alpha value is -2.44. The lowest BCUT2D eigenvalue weighted by Crippen LogP contribution is -2.41. The Kier molecular flexibility index (Phi) is 4.86. The first-order valence-electron chi connectivity index (χ1n) is 9.59. The van der Waals surface area contributed by atoms with Crippen LogP contribution in [0.15, 0.2) is 12.4 Å². The Bertz CT molecular complexity index is 786. The van der Waals surface area contributed by atoms with Gasteiger partial charge in [0.25, 0.3) is 5.91 Å². The first kappa shape index (κ1) is 17.0. The van der Waals surface area contributed by atoms with Crippen molar-refractivity contribution in [2.24, 2.45) is 5.92 Å². The molecule has 1 aliphatic carbocycles. The van der Waals surface area contributed by atoms with Crippen LogP contribution in [0.4, 0.5) is 5.82 Å². The molecule has 4 rings (SSSR count). The number of carbonyl (C=O) groups excluding carboxylic acids is 1. The Morgan fingerprint density at radius 1 is 1.27 bits per heavy atom. The van der Waals surface area contributed by atoms with Crippen molar-refractivity contribution in [3.05, 3.63) is 35.0 Å².